The first kappa shape index (κ1) is 17.4. The first-order valence-corrected chi connectivity index (χ1v) is 7.26. The second kappa shape index (κ2) is 7.93. The number of hydrogen-bond acceptors (Lipinski definition) is 5. The predicted octanol–water partition coefficient (Wildman–Crippen LogP) is 2.55. The fraction of sp³-hybridized carbons (Fsp3) is 0.467. The minimum atomic E-state index is -0.841. The second-order valence-corrected chi connectivity index (χ2v) is 5.84. The number of thiol groups is 1. The molecule has 0 saturated carbocycles. The molecule has 0 spiro atoms. The van der Waals surface area contributed by atoms with E-state index in [4.69, 9.17) is 9.47 Å². The molecule has 6 heteroatoms. The minimum absolute atomic E-state index is 0.132. The van der Waals surface area contributed by atoms with Crippen LogP contribution < -0.4 is 5.32 Å². The molecule has 0 aliphatic heterocycles. The van der Waals surface area contributed by atoms with Gasteiger partial charge in [0, 0.05) is 5.75 Å². The van der Waals surface area contributed by atoms with Crippen LogP contribution in [0.1, 0.15) is 26.3 Å². The Kier molecular flexibility index (Phi) is 6.55. The maximum absolute atomic E-state index is 11.9. The number of nitrogens with one attached hydrogen (secondary N) is 1. The number of esters is 1. The van der Waals surface area contributed by atoms with Crippen molar-refractivity contribution in [3.05, 3.63) is 35.9 Å². The van der Waals surface area contributed by atoms with Gasteiger partial charge < -0.3 is 14.8 Å². The molecule has 1 aromatic carbocycles. The molecular formula is C15H21NO4S. The lowest BCUT2D eigenvalue weighted by Crippen LogP contribution is -2.45. The van der Waals surface area contributed by atoms with Gasteiger partial charge in [0.25, 0.3) is 0 Å². The molecule has 0 aliphatic carbocycles. The summed E-state index contributed by atoms with van der Waals surface area (Å²) in [4.78, 5) is 23.5. The summed E-state index contributed by atoms with van der Waals surface area (Å²) in [5.74, 6) is -0.410. The summed E-state index contributed by atoms with van der Waals surface area (Å²) in [7, 11) is 0. The Morgan fingerprint density at radius 1 is 1.24 bits per heavy atom. The minimum Gasteiger partial charge on any atom is -0.459 e. The number of benzene rings is 1. The van der Waals surface area contributed by atoms with Crippen LogP contribution >= 0.6 is 12.6 Å². The van der Waals surface area contributed by atoms with E-state index in [1.807, 2.05) is 30.3 Å². The van der Waals surface area contributed by atoms with E-state index in [-0.39, 0.29) is 12.4 Å². The van der Waals surface area contributed by atoms with Gasteiger partial charge in [-0.3, -0.25) is 0 Å². The van der Waals surface area contributed by atoms with Gasteiger partial charge in [0.2, 0.25) is 0 Å². The third kappa shape index (κ3) is 7.04. The third-order valence-electron chi connectivity index (χ3n) is 2.38. The van der Waals surface area contributed by atoms with Crippen molar-refractivity contribution in [3.63, 3.8) is 0 Å². The molecule has 0 bridgehead atoms. The van der Waals surface area contributed by atoms with Crippen molar-refractivity contribution in [3.8, 4) is 0 Å². The molecule has 0 saturated heterocycles. The topological polar surface area (TPSA) is 64.6 Å². The zero-order valence-corrected chi connectivity index (χ0v) is 13.4. The molecule has 1 atom stereocenters. The average Bonchev–Trinajstić information content (AvgIpc) is 2.41. The zero-order chi connectivity index (χ0) is 15.9. The van der Waals surface area contributed by atoms with Crippen LogP contribution in [0.4, 0.5) is 4.79 Å². The third-order valence-corrected chi connectivity index (χ3v) is 2.75. The number of carbonyl (C=O) groups excluding carboxylic acids is 2. The lowest BCUT2D eigenvalue weighted by atomic mass is 10.2. The molecule has 0 aromatic heterocycles. The second-order valence-electron chi connectivity index (χ2n) is 5.47. The number of hydrogen-bond donors (Lipinski definition) is 2. The summed E-state index contributed by atoms with van der Waals surface area (Å²) >= 11 is 4.05. The molecule has 1 amide bonds. The van der Waals surface area contributed by atoms with Crippen LogP contribution in [0.5, 0.6) is 0 Å². The van der Waals surface area contributed by atoms with Crippen molar-refractivity contribution in [2.45, 2.75) is 39.0 Å². The van der Waals surface area contributed by atoms with E-state index in [2.05, 4.69) is 17.9 Å². The number of rotatable bonds is 5. The number of ether oxygens (including phenoxy) is 2. The fourth-order valence-corrected chi connectivity index (χ4v) is 1.70. The van der Waals surface area contributed by atoms with Crippen LogP contribution in [-0.4, -0.2) is 29.5 Å². The van der Waals surface area contributed by atoms with Crippen LogP contribution in [0.15, 0.2) is 30.3 Å². The first-order valence-electron chi connectivity index (χ1n) is 6.63. The van der Waals surface area contributed by atoms with Crippen molar-refractivity contribution in [2.75, 3.05) is 5.75 Å². The Balaban J connectivity index is 2.48. The Morgan fingerprint density at radius 3 is 2.38 bits per heavy atom. The van der Waals surface area contributed by atoms with E-state index < -0.39 is 23.7 Å². The molecule has 0 fully saturated rings. The lowest BCUT2D eigenvalue weighted by molar-refractivity contribution is -0.146. The van der Waals surface area contributed by atoms with Gasteiger partial charge in [0.15, 0.2) is 0 Å². The van der Waals surface area contributed by atoms with Gasteiger partial charge >= 0.3 is 12.1 Å². The van der Waals surface area contributed by atoms with E-state index in [9.17, 15) is 9.59 Å². The number of alkyl carbamates (subject to hydrolysis) is 1. The van der Waals surface area contributed by atoms with Crippen molar-refractivity contribution in [1.82, 2.24) is 5.32 Å². The van der Waals surface area contributed by atoms with Crippen LogP contribution in [0, 0.1) is 0 Å². The van der Waals surface area contributed by atoms with E-state index >= 15 is 0 Å². The van der Waals surface area contributed by atoms with E-state index in [1.165, 1.54) is 0 Å². The maximum atomic E-state index is 11.9. The quantitative estimate of drug-likeness (QED) is 0.648. The lowest BCUT2D eigenvalue weighted by Gasteiger charge is -2.22. The van der Waals surface area contributed by atoms with Crippen molar-refractivity contribution >= 4 is 24.7 Å². The van der Waals surface area contributed by atoms with Gasteiger partial charge in [-0.05, 0) is 26.3 Å². The molecule has 116 valence electrons. The summed E-state index contributed by atoms with van der Waals surface area (Å²) in [6.45, 7) is 5.39. The van der Waals surface area contributed by atoms with E-state index in [0.717, 1.165) is 5.56 Å². The van der Waals surface area contributed by atoms with Crippen LogP contribution in [-0.2, 0) is 20.9 Å². The molecule has 5 nitrogen and oxygen atoms in total. The highest BCUT2D eigenvalue weighted by molar-refractivity contribution is 7.80. The number of carbonyl (C=O) groups is 2. The van der Waals surface area contributed by atoms with Gasteiger partial charge in [0.1, 0.15) is 18.2 Å². The fourth-order valence-electron chi connectivity index (χ4n) is 1.46. The highest BCUT2D eigenvalue weighted by atomic mass is 32.1. The molecule has 0 heterocycles. The van der Waals surface area contributed by atoms with Crippen molar-refractivity contribution in [1.29, 1.82) is 0 Å². The summed E-state index contributed by atoms with van der Waals surface area (Å²) in [5, 5.41) is 2.45. The van der Waals surface area contributed by atoms with Crippen molar-refractivity contribution < 1.29 is 19.1 Å². The van der Waals surface area contributed by atoms with E-state index in [1.54, 1.807) is 20.8 Å². The molecule has 0 aliphatic rings. The number of amides is 1. The Bertz CT molecular complexity index is 470. The normalized spacial score (nSPS) is 12.4. The maximum Gasteiger partial charge on any atom is 0.408 e. The van der Waals surface area contributed by atoms with E-state index in [0.29, 0.717) is 0 Å². The zero-order valence-electron chi connectivity index (χ0n) is 12.5. The molecule has 0 radical (unpaired) electrons. The van der Waals surface area contributed by atoms with Crippen LogP contribution in [0.3, 0.4) is 0 Å². The molecule has 1 rings (SSSR count). The molecule has 1 aromatic rings. The van der Waals surface area contributed by atoms with Gasteiger partial charge in [-0.25, -0.2) is 9.59 Å². The Morgan fingerprint density at radius 2 is 1.86 bits per heavy atom. The Labute approximate surface area is 130 Å². The van der Waals surface area contributed by atoms with Crippen LogP contribution in [0.25, 0.3) is 0 Å². The molecule has 1 unspecified atom stereocenters. The smallest absolute Gasteiger partial charge is 0.408 e. The predicted molar refractivity (Wildman–Crippen MR) is 83.2 cm³/mol. The van der Waals surface area contributed by atoms with Crippen molar-refractivity contribution in [2.24, 2.45) is 0 Å². The SMILES string of the molecule is CC(C)(C)OC(=O)NC(CS)C(=O)OCc1ccccc1. The summed E-state index contributed by atoms with van der Waals surface area (Å²) in [5.41, 5.74) is 0.250. The monoisotopic (exact) mass is 311 g/mol. The van der Waals surface area contributed by atoms with Gasteiger partial charge in [-0.2, -0.15) is 12.6 Å². The standard InChI is InChI=1S/C15H21NO4S/c1-15(2,3)20-14(18)16-12(10-21)13(17)19-9-11-7-5-4-6-8-11/h4-8,12,21H,9-10H2,1-3H3,(H,16,18). The average molecular weight is 311 g/mol. The highest BCUT2D eigenvalue weighted by Gasteiger charge is 2.24. The summed E-state index contributed by atoms with van der Waals surface area (Å²) in [6.07, 6.45) is -0.668. The Hall–Kier alpha value is -1.69. The molecule has 21 heavy (non-hydrogen) atoms. The summed E-state index contributed by atoms with van der Waals surface area (Å²) in [6, 6.07) is 8.46. The summed E-state index contributed by atoms with van der Waals surface area (Å²) < 4.78 is 10.2. The molecular weight excluding hydrogens is 290 g/mol. The first-order chi connectivity index (χ1) is 9.81. The highest BCUT2D eigenvalue weighted by Crippen LogP contribution is 2.08. The molecule has 1 N–H and O–H groups in total. The van der Waals surface area contributed by atoms with Gasteiger partial charge in [-0.1, -0.05) is 30.3 Å². The van der Waals surface area contributed by atoms with Crippen LogP contribution in [0.2, 0.25) is 0 Å². The van der Waals surface area contributed by atoms with Gasteiger partial charge in [-0.15, -0.1) is 0 Å². The van der Waals surface area contributed by atoms with Gasteiger partial charge in [0.05, 0.1) is 0 Å². The largest absolute Gasteiger partial charge is 0.459 e.